The van der Waals surface area contributed by atoms with Gasteiger partial charge >= 0.3 is 0 Å². The van der Waals surface area contributed by atoms with E-state index >= 15 is 0 Å². The zero-order chi connectivity index (χ0) is 22.8. The summed E-state index contributed by atoms with van der Waals surface area (Å²) >= 11 is 0. The molecule has 33 heavy (non-hydrogen) atoms. The van der Waals surface area contributed by atoms with Crippen molar-refractivity contribution in [2.24, 2.45) is 10.6 Å². The molecule has 1 spiro atoms. The molecule has 1 aromatic carbocycles. The van der Waals surface area contributed by atoms with E-state index in [1.807, 2.05) is 18.2 Å². The number of halogens is 2. The van der Waals surface area contributed by atoms with Crippen LogP contribution in [-0.2, 0) is 11.4 Å². The number of aromatic nitrogens is 3. The predicted molar refractivity (Wildman–Crippen MR) is 120 cm³/mol. The van der Waals surface area contributed by atoms with Crippen molar-refractivity contribution >= 4 is 11.4 Å². The van der Waals surface area contributed by atoms with Crippen LogP contribution in [0.4, 0.5) is 14.5 Å². The lowest BCUT2D eigenvalue weighted by atomic mass is 9.72. The van der Waals surface area contributed by atoms with Gasteiger partial charge in [-0.2, -0.15) is 10.2 Å². The Labute approximate surface area is 190 Å². The summed E-state index contributed by atoms with van der Waals surface area (Å²) in [5, 5.41) is 11.9. The highest BCUT2D eigenvalue weighted by Crippen LogP contribution is 2.42. The SMILES string of the molecule is CCON=C(c1ccc(F)c(F)c1)c1ccc(CN2CC3(C2)CN(c2ccnnc2)C3)cn1. The quantitative estimate of drug-likeness (QED) is 0.407. The van der Waals surface area contributed by atoms with E-state index in [4.69, 9.17) is 4.84 Å². The maximum Gasteiger partial charge on any atom is 0.159 e. The summed E-state index contributed by atoms with van der Waals surface area (Å²) < 4.78 is 27.1. The van der Waals surface area contributed by atoms with Crippen LogP contribution in [0.5, 0.6) is 0 Å². The molecule has 2 aliphatic heterocycles. The van der Waals surface area contributed by atoms with Gasteiger partial charge < -0.3 is 9.74 Å². The number of anilines is 1. The fourth-order valence-corrected chi connectivity index (χ4v) is 4.57. The van der Waals surface area contributed by atoms with Crippen molar-refractivity contribution in [1.29, 1.82) is 0 Å². The summed E-state index contributed by atoms with van der Waals surface area (Å²) in [4.78, 5) is 14.4. The van der Waals surface area contributed by atoms with Gasteiger partial charge in [0.2, 0.25) is 0 Å². The summed E-state index contributed by atoms with van der Waals surface area (Å²) in [6, 6.07) is 9.47. The average molecular weight is 450 g/mol. The van der Waals surface area contributed by atoms with Crippen LogP contribution in [0.1, 0.15) is 23.7 Å². The van der Waals surface area contributed by atoms with Gasteiger partial charge in [0.25, 0.3) is 0 Å². The van der Waals surface area contributed by atoms with Crippen molar-refractivity contribution in [3.8, 4) is 0 Å². The maximum atomic E-state index is 13.7. The van der Waals surface area contributed by atoms with Crippen molar-refractivity contribution in [2.45, 2.75) is 13.5 Å². The molecule has 7 nitrogen and oxygen atoms in total. The Balaban J connectivity index is 1.20. The normalized spacial score (nSPS) is 17.5. The average Bonchev–Trinajstić information content (AvgIpc) is 2.78. The van der Waals surface area contributed by atoms with Crippen LogP contribution < -0.4 is 4.90 Å². The Morgan fingerprint density at radius 1 is 1.03 bits per heavy atom. The number of nitrogens with zero attached hydrogens (tertiary/aromatic N) is 6. The maximum absolute atomic E-state index is 13.7. The molecule has 0 N–H and O–H groups in total. The monoisotopic (exact) mass is 450 g/mol. The Morgan fingerprint density at radius 2 is 1.88 bits per heavy atom. The minimum atomic E-state index is -0.935. The molecule has 0 saturated carbocycles. The van der Waals surface area contributed by atoms with E-state index in [0.717, 1.165) is 56.1 Å². The smallest absolute Gasteiger partial charge is 0.159 e. The fraction of sp³-hybridized carbons (Fsp3) is 0.333. The molecule has 0 radical (unpaired) electrons. The lowest BCUT2D eigenvalue weighted by molar-refractivity contribution is -0.0274. The first kappa shape index (κ1) is 21.4. The van der Waals surface area contributed by atoms with E-state index in [2.05, 4.69) is 30.1 Å². The van der Waals surface area contributed by atoms with Crippen molar-refractivity contribution in [1.82, 2.24) is 20.1 Å². The molecule has 2 saturated heterocycles. The highest BCUT2D eigenvalue weighted by atomic mass is 19.2. The molecule has 2 aromatic heterocycles. The Kier molecular flexibility index (Phi) is 5.72. The topological polar surface area (TPSA) is 66.7 Å². The highest BCUT2D eigenvalue weighted by Gasteiger charge is 2.51. The van der Waals surface area contributed by atoms with Gasteiger partial charge in [0, 0.05) is 49.9 Å². The van der Waals surface area contributed by atoms with E-state index in [9.17, 15) is 8.78 Å². The first-order chi connectivity index (χ1) is 16.0. The summed E-state index contributed by atoms with van der Waals surface area (Å²) in [6.45, 7) is 7.16. The molecule has 0 atom stereocenters. The molecule has 0 unspecified atom stereocenters. The second kappa shape index (κ2) is 8.82. The van der Waals surface area contributed by atoms with Gasteiger partial charge in [-0.1, -0.05) is 11.2 Å². The number of hydrogen-bond acceptors (Lipinski definition) is 7. The minimum Gasteiger partial charge on any atom is -0.396 e. The van der Waals surface area contributed by atoms with Crippen LogP contribution in [-0.4, -0.2) is 58.6 Å². The number of oxime groups is 1. The van der Waals surface area contributed by atoms with Gasteiger partial charge in [-0.05, 0) is 42.8 Å². The van der Waals surface area contributed by atoms with Crippen molar-refractivity contribution in [3.63, 3.8) is 0 Å². The zero-order valence-electron chi connectivity index (χ0n) is 18.3. The number of rotatable bonds is 7. The molecule has 4 heterocycles. The first-order valence-electron chi connectivity index (χ1n) is 10.9. The summed E-state index contributed by atoms with van der Waals surface area (Å²) in [6.07, 6.45) is 5.33. The van der Waals surface area contributed by atoms with Crippen molar-refractivity contribution < 1.29 is 13.6 Å². The molecule has 3 aromatic rings. The number of likely N-dealkylation sites (tertiary alicyclic amines) is 1. The highest BCUT2D eigenvalue weighted by molar-refractivity contribution is 6.11. The van der Waals surface area contributed by atoms with Gasteiger partial charge in [-0.3, -0.25) is 9.88 Å². The Morgan fingerprint density at radius 3 is 2.55 bits per heavy atom. The van der Waals surface area contributed by atoms with E-state index in [1.54, 1.807) is 25.5 Å². The Bertz CT molecular complexity index is 1140. The van der Waals surface area contributed by atoms with Gasteiger partial charge in [-0.25, -0.2) is 8.78 Å². The summed E-state index contributed by atoms with van der Waals surface area (Å²) in [7, 11) is 0. The number of benzene rings is 1. The molecule has 0 bridgehead atoms. The third-order valence-corrected chi connectivity index (χ3v) is 6.06. The largest absolute Gasteiger partial charge is 0.396 e. The molecule has 5 rings (SSSR count). The second-order valence-corrected chi connectivity index (χ2v) is 8.64. The van der Waals surface area contributed by atoms with E-state index in [1.165, 1.54) is 6.07 Å². The number of hydrogen-bond donors (Lipinski definition) is 0. The first-order valence-corrected chi connectivity index (χ1v) is 10.9. The minimum absolute atomic E-state index is 0.358. The van der Waals surface area contributed by atoms with Crippen LogP contribution in [0.3, 0.4) is 0 Å². The molecular weight excluding hydrogens is 426 g/mol. The molecule has 9 heteroatoms. The van der Waals surface area contributed by atoms with E-state index in [-0.39, 0.29) is 0 Å². The molecule has 2 aliphatic rings. The number of pyridine rings is 1. The van der Waals surface area contributed by atoms with Gasteiger partial charge in [0.1, 0.15) is 12.3 Å². The summed E-state index contributed by atoms with van der Waals surface area (Å²) in [5.74, 6) is -1.84. The third kappa shape index (κ3) is 4.41. The Hall–Kier alpha value is -3.46. The van der Waals surface area contributed by atoms with Crippen LogP contribution in [0.15, 0.2) is 60.1 Å². The molecule has 2 fully saturated rings. The third-order valence-electron chi connectivity index (χ3n) is 6.06. The fourth-order valence-electron chi connectivity index (χ4n) is 4.57. The lowest BCUT2D eigenvalue weighted by Gasteiger charge is -2.61. The van der Waals surface area contributed by atoms with Gasteiger partial charge in [0.15, 0.2) is 11.6 Å². The van der Waals surface area contributed by atoms with Gasteiger partial charge in [-0.15, -0.1) is 0 Å². The summed E-state index contributed by atoms with van der Waals surface area (Å²) in [5.41, 5.74) is 3.89. The van der Waals surface area contributed by atoms with E-state index < -0.39 is 11.6 Å². The molecule has 170 valence electrons. The van der Waals surface area contributed by atoms with Crippen LogP contribution >= 0.6 is 0 Å². The molecule has 0 amide bonds. The van der Waals surface area contributed by atoms with Gasteiger partial charge in [0.05, 0.1) is 23.8 Å². The molecular formula is C24H24F2N6O. The van der Waals surface area contributed by atoms with E-state index in [0.29, 0.717) is 29.0 Å². The van der Waals surface area contributed by atoms with Crippen LogP contribution in [0.25, 0.3) is 0 Å². The predicted octanol–water partition coefficient (Wildman–Crippen LogP) is 3.26. The zero-order valence-corrected chi connectivity index (χ0v) is 18.3. The second-order valence-electron chi connectivity index (χ2n) is 8.64. The van der Waals surface area contributed by atoms with Crippen molar-refractivity contribution in [2.75, 3.05) is 37.7 Å². The van der Waals surface area contributed by atoms with Crippen LogP contribution in [0.2, 0.25) is 0 Å². The van der Waals surface area contributed by atoms with Crippen LogP contribution in [0, 0.1) is 17.0 Å². The molecule has 0 aliphatic carbocycles. The lowest BCUT2D eigenvalue weighted by Crippen LogP contribution is -2.71. The standard InChI is InChI=1S/C24H24F2N6O/c1-2-33-30-23(18-4-5-20(25)21(26)9-18)22-6-3-17(10-27-22)12-31-13-24(14-31)15-32(16-24)19-7-8-28-29-11-19/h3-11H,2,12-16H2,1H3. The van der Waals surface area contributed by atoms with Crippen molar-refractivity contribution in [3.05, 3.63) is 83.4 Å².